The van der Waals surface area contributed by atoms with Gasteiger partial charge < -0.3 is 25.0 Å². The van der Waals surface area contributed by atoms with Crippen LogP contribution in [0, 0.1) is 11.7 Å². The smallest absolute Gasteiger partial charge is 0.416 e. The maximum Gasteiger partial charge on any atom is 0.416 e. The number of alkyl halides is 3. The Morgan fingerprint density at radius 3 is 2.29 bits per heavy atom. The largest absolute Gasteiger partial charge is 0.444 e. The maximum atomic E-state index is 14.5. The fourth-order valence-corrected chi connectivity index (χ4v) is 9.19. The van der Waals surface area contributed by atoms with Crippen LogP contribution in [0.1, 0.15) is 101 Å². The summed E-state index contributed by atoms with van der Waals surface area (Å²) >= 11 is 0. The van der Waals surface area contributed by atoms with Gasteiger partial charge in [-0.3, -0.25) is 24.0 Å². The summed E-state index contributed by atoms with van der Waals surface area (Å²) in [6, 6.07) is 5.49. The molecule has 1 saturated carbocycles. The number of alkyl carbamates (subject to hydrolysis) is 1. The van der Waals surface area contributed by atoms with E-state index in [2.05, 4.69) is 10.6 Å². The van der Waals surface area contributed by atoms with Gasteiger partial charge in [-0.05, 0) is 75.3 Å². The molecule has 3 heterocycles. The molecule has 0 radical (unpaired) electrons. The Bertz CT molecular complexity index is 2060. The molecule has 322 valence electrons. The molecule has 2 aromatic rings. The van der Waals surface area contributed by atoms with Crippen molar-refractivity contribution in [2.75, 3.05) is 6.54 Å². The number of halogens is 4. The Labute approximate surface area is 339 Å². The van der Waals surface area contributed by atoms with Gasteiger partial charge in [0.25, 0.3) is 5.91 Å². The predicted octanol–water partition coefficient (Wildman–Crippen LogP) is 5.42. The van der Waals surface area contributed by atoms with Gasteiger partial charge in [0.05, 0.1) is 24.4 Å². The molecular weight excluding hydrogens is 803 g/mol. The molecule has 6 rings (SSSR count). The molecule has 4 aliphatic rings. The number of hydrogen-bond acceptors (Lipinski definition) is 9. The van der Waals surface area contributed by atoms with Crippen LogP contribution in [0.5, 0.6) is 0 Å². The van der Waals surface area contributed by atoms with Gasteiger partial charge in [0.2, 0.25) is 21.8 Å². The Balaban J connectivity index is 1.23. The third-order valence-corrected chi connectivity index (χ3v) is 12.3. The fraction of sp³-hybridized carbons (Fsp3) is 0.575. The van der Waals surface area contributed by atoms with Gasteiger partial charge in [0.15, 0.2) is 0 Å². The van der Waals surface area contributed by atoms with Crippen LogP contribution in [0.25, 0.3) is 0 Å². The van der Waals surface area contributed by atoms with Gasteiger partial charge >= 0.3 is 18.4 Å². The third kappa shape index (κ3) is 10.6. The number of amides is 5. The second-order valence-corrected chi connectivity index (χ2v) is 18.5. The Morgan fingerprint density at radius 1 is 0.949 bits per heavy atom. The first-order valence-corrected chi connectivity index (χ1v) is 21.3. The highest BCUT2D eigenvalue weighted by Gasteiger charge is 2.62. The fourth-order valence-electron chi connectivity index (χ4n) is 8.03. The average Bonchev–Trinajstić information content (AvgIpc) is 3.42. The lowest BCUT2D eigenvalue weighted by Gasteiger charge is -2.30. The van der Waals surface area contributed by atoms with Gasteiger partial charge in [0, 0.05) is 18.5 Å². The van der Waals surface area contributed by atoms with Crippen molar-refractivity contribution in [1.29, 1.82) is 0 Å². The van der Waals surface area contributed by atoms with Crippen LogP contribution in [-0.4, -0.2) is 84.0 Å². The SMILES string of the molecule is CC(C)(C)OC(=O)N[C@H]1CCCCCCC[C@@H]2C[C@@]2(C(=O)NS(=O)(=O)Cc2ccc(C(F)(F)F)cc2)NC(=O)[C@@H]2C[C@@H](OC(=O)N3Cc4cccc(F)c4C3)CN2C1=O. The van der Waals surface area contributed by atoms with Crippen molar-refractivity contribution in [3.8, 4) is 0 Å². The molecule has 3 aliphatic heterocycles. The molecule has 14 nitrogen and oxygen atoms in total. The van der Waals surface area contributed by atoms with Crippen molar-refractivity contribution in [1.82, 2.24) is 25.2 Å². The van der Waals surface area contributed by atoms with E-state index in [0.29, 0.717) is 36.8 Å². The van der Waals surface area contributed by atoms with Crippen LogP contribution < -0.4 is 15.4 Å². The summed E-state index contributed by atoms with van der Waals surface area (Å²) in [5.41, 5.74) is -2.61. The lowest BCUT2D eigenvalue weighted by atomic mass is 10.0. The number of benzene rings is 2. The first-order valence-electron chi connectivity index (χ1n) is 19.7. The minimum absolute atomic E-state index is 0.00700. The number of sulfonamides is 1. The molecule has 59 heavy (non-hydrogen) atoms. The van der Waals surface area contributed by atoms with Crippen LogP contribution in [-0.2, 0) is 58.9 Å². The topological polar surface area (TPSA) is 181 Å². The summed E-state index contributed by atoms with van der Waals surface area (Å²) in [5.74, 6) is -4.28. The number of hydrogen-bond donors (Lipinski definition) is 3. The molecular formula is C40H49F4N5O9S. The second-order valence-electron chi connectivity index (χ2n) is 16.8. The molecule has 5 atom stereocenters. The predicted molar refractivity (Wildman–Crippen MR) is 203 cm³/mol. The van der Waals surface area contributed by atoms with E-state index in [1.807, 2.05) is 4.72 Å². The molecule has 2 saturated heterocycles. The van der Waals surface area contributed by atoms with E-state index >= 15 is 0 Å². The van der Waals surface area contributed by atoms with Gasteiger partial charge in [-0.1, -0.05) is 56.4 Å². The van der Waals surface area contributed by atoms with Crippen molar-refractivity contribution in [3.05, 3.63) is 70.5 Å². The monoisotopic (exact) mass is 851 g/mol. The number of nitrogens with zero attached hydrogens (tertiary/aromatic N) is 2. The van der Waals surface area contributed by atoms with E-state index in [1.165, 1.54) is 21.9 Å². The summed E-state index contributed by atoms with van der Waals surface area (Å²) in [6.07, 6.45) is -3.44. The van der Waals surface area contributed by atoms with Gasteiger partial charge in [-0.2, -0.15) is 13.2 Å². The summed E-state index contributed by atoms with van der Waals surface area (Å²) in [7, 11) is -4.47. The zero-order chi connectivity index (χ0) is 42.9. The maximum absolute atomic E-state index is 14.5. The number of carbonyl (C=O) groups is 5. The van der Waals surface area contributed by atoms with Gasteiger partial charge in [-0.25, -0.2) is 22.4 Å². The molecule has 2 aromatic carbocycles. The van der Waals surface area contributed by atoms with E-state index in [-0.39, 0.29) is 44.5 Å². The van der Waals surface area contributed by atoms with Crippen molar-refractivity contribution < 1.29 is 59.4 Å². The second kappa shape index (κ2) is 17.0. The van der Waals surface area contributed by atoms with Gasteiger partial charge in [0.1, 0.15) is 35.1 Å². The third-order valence-electron chi connectivity index (χ3n) is 11.1. The van der Waals surface area contributed by atoms with Crippen LogP contribution in [0.2, 0.25) is 0 Å². The van der Waals surface area contributed by atoms with E-state index in [0.717, 1.165) is 37.1 Å². The van der Waals surface area contributed by atoms with E-state index in [9.17, 15) is 50.0 Å². The van der Waals surface area contributed by atoms with Crippen LogP contribution >= 0.6 is 0 Å². The lowest BCUT2D eigenvalue weighted by molar-refractivity contribution is -0.141. The number of rotatable bonds is 6. The Hall–Kier alpha value is -4.94. The van der Waals surface area contributed by atoms with Crippen molar-refractivity contribution in [2.45, 2.75) is 133 Å². The van der Waals surface area contributed by atoms with Crippen LogP contribution in [0.3, 0.4) is 0 Å². The van der Waals surface area contributed by atoms with E-state index in [1.54, 1.807) is 26.8 Å². The Morgan fingerprint density at radius 2 is 1.63 bits per heavy atom. The first-order chi connectivity index (χ1) is 27.6. The molecule has 3 fully saturated rings. The molecule has 1 aliphatic carbocycles. The van der Waals surface area contributed by atoms with E-state index < -0.39 is 98.5 Å². The van der Waals surface area contributed by atoms with Gasteiger partial charge in [-0.15, -0.1) is 0 Å². The summed E-state index contributed by atoms with van der Waals surface area (Å²) in [4.78, 5) is 71.5. The summed E-state index contributed by atoms with van der Waals surface area (Å²) in [6.45, 7) is 4.74. The van der Waals surface area contributed by atoms with E-state index in [4.69, 9.17) is 9.47 Å². The zero-order valence-corrected chi connectivity index (χ0v) is 33.8. The molecule has 0 bridgehead atoms. The molecule has 0 spiro atoms. The molecule has 0 aromatic heterocycles. The lowest BCUT2D eigenvalue weighted by Crippen LogP contribution is -2.58. The molecule has 0 unspecified atom stereocenters. The Kier molecular flexibility index (Phi) is 12.5. The average molecular weight is 852 g/mol. The zero-order valence-electron chi connectivity index (χ0n) is 33.0. The van der Waals surface area contributed by atoms with Crippen LogP contribution in [0.15, 0.2) is 42.5 Å². The highest BCUT2D eigenvalue weighted by Crippen LogP contribution is 2.48. The highest BCUT2D eigenvalue weighted by atomic mass is 32.2. The minimum Gasteiger partial charge on any atom is -0.444 e. The van der Waals surface area contributed by atoms with Crippen molar-refractivity contribution in [2.24, 2.45) is 5.92 Å². The quantitative estimate of drug-likeness (QED) is 0.320. The number of carbonyl (C=O) groups excluding carboxylic acids is 5. The highest BCUT2D eigenvalue weighted by molar-refractivity contribution is 7.89. The van der Waals surface area contributed by atoms with Crippen molar-refractivity contribution >= 4 is 39.9 Å². The number of ether oxygens (including phenoxy) is 2. The minimum atomic E-state index is -4.63. The number of fused-ring (bicyclic) bond motifs is 3. The number of nitrogens with one attached hydrogen (secondary N) is 3. The molecule has 19 heteroatoms. The summed E-state index contributed by atoms with van der Waals surface area (Å²) < 4.78 is 93.4. The van der Waals surface area contributed by atoms with Crippen LogP contribution in [0.4, 0.5) is 27.2 Å². The molecule has 5 amide bonds. The summed E-state index contributed by atoms with van der Waals surface area (Å²) in [5, 5.41) is 5.37. The molecule has 3 N–H and O–H groups in total. The normalized spacial score (nSPS) is 25.3. The standard InChI is InChI=1S/C40H49F4N5O9S/c1-38(2,3)58-36(53)45-31-13-8-6-4-5-7-11-27-19-39(27,35(52)47-59(55,56)23-24-14-16-26(17-15-24)40(42,43)44)46-33(50)32-18-28(21-49(32)34(31)51)57-37(54)48-20-25-10-9-12-30(41)29(25)22-48/h9-10,12,14-17,27-28,31-32H,4-8,11,13,18-23H2,1-3H3,(H,45,53)(H,46,50)(H,47,52)/t27-,28-,31+,32+,39-/m1/s1. The first kappa shape index (κ1) is 43.6. The van der Waals surface area contributed by atoms with Crippen molar-refractivity contribution in [3.63, 3.8) is 0 Å².